The Kier molecular flexibility index (Phi) is 11.3. The van der Waals surface area contributed by atoms with Crippen LogP contribution in [0.1, 0.15) is 40.0 Å². The number of hydrogen-bond acceptors (Lipinski definition) is 1. The summed E-state index contributed by atoms with van der Waals surface area (Å²) in [6.45, 7) is 6.60. The van der Waals surface area contributed by atoms with Gasteiger partial charge in [-0.3, -0.25) is 4.57 Å². The molecule has 0 bridgehead atoms. The monoisotopic (exact) mass is 1270 g/mol. The summed E-state index contributed by atoms with van der Waals surface area (Å²) in [5.74, 6) is 0.772. The van der Waals surface area contributed by atoms with Gasteiger partial charge in [0.25, 0.3) is 6.33 Å². The Morgan fingerprint density at radius 3 is 1.70 bits per heavy atom. The molecule has 0 aliphatic carbocycles. The van der Waals surface area contributed by atoms with Gasteiger partial charge in [0.1, 0.15) is 0 Å². The second-order valence-electron chi connectivity index (χ2n) is 21.3. The number of ether oxygens (including phenoxy) is 1. The first-order valence-corrected chi connectivity index (χ1v) is 29.2. The fourth-order valence-electron chi connectivity index (χ4n) is 11.6. The van der Waals surface area contributed by atoms with Crippen molar-refractivity contribution in [2.45, 2.75) is 26.2 Å². The fraction of sp³-hybridized carbons (Fsp3) is 0.0519. The number of benzene rings is 12. The summed E-state index contributed by atoms with van der Waals surface area (Å²) in [5.41, 5.74) is 7.52. The van der Waals surface area contributed by atoms with E-state index >= 15 is 0 Å². The Bertz CT molecular complexity index is 5030. The van der Waals surface area contributed by atoms with Crippen LogP contribution < -0.4 is 30.1 Å². The van der Waals surface area contributed by atoms with E-state index in [4.69, 9.17) is 18.4 Å². The molecule has 2 aromatic heterocycles. The molecule has 83 heavy (non-hydrogen) atoms. The summed E-state index contributed by atoms with van der Waals surface area (Å²) in [7, 11) is -2.84. The number of fused-ring (bicyclic) bond motifs is 4. The number of aromatic nitrogens is 3. The van der Waals surface area contributed by atoms with E-state index in [1.165, 1.54) is 20.7 Å². The molecule has 12 aromatic carbocycles. The van der Waals surface area contributed by atoms with E-state index in [-0.39, 0.29) is 54.4 Å². The molecule has 0 saturated carbocycles. The van der Waals surface area contributed by atoms with Crippen molar-refractivity contribution < 1.29 is 44.1 Å². The number of imidazole rings is 1. The number of rotatable bonds is 12. The molecule has 0 amide bonds. The average molecular weight is 1270 g/mol. The zero-order valence-corrected chi connectivity index (χ0v) is 48.7. The van der Waals surface area contributed by atoms with Gasteiger partial charge < -0.3 is 13.9 Å². The maximum absolute atomic E-state index is 9.12. The maximum atomic E-state index is 9.12. The van der Waals surface area contributed by atoms with Crippen LogP contribution in [0.25, 0.3) is 83.3 Å². The molecular formula is C77H56N3OPtSi+. The summed E-state index contributed by atoms with van der Waals surface area (Å²) in [6, 6.07) is 81.8. The quantitative estimate of drug-likeness (QED) is 0.0517. The van der Waals surface area contributed by atoms with Crippen molar-refractivity contribution in [2.75, 3.05) is 0 Å². The second kappa shape index (κ2) is 22.2. The maximum Gasteiger partial charge on any atom is 4.00 e. The van der Waals surface area contributed by atoms with Gasteiger partial charge in [0, 0.05) is 17.0 Å². The van der Waals surface area contributed by atoms with E-state index in [1.54, 1.807) is 33.4 Å². The third-order valence-corrected chi connectivity index (χ3v) is 20.1. The van der Waals surface area contributed by atoms with Crippen molar-refractivity contribution in [2.24, 2.45) is 0 Å². The van der Waals surface area contributed by atoms with Crippen molar-refractivity contribution in [3.05, 3.63) is 315 Å². The molecule has 0 radical (unpaired) electrons. The number of para-hydroxylation sites is 3. The summed E-state index contributed by atoms with van der Waals surface area (Å²) in [6.07, 6.45) is 3.45. The Balaban J connectivity index is 0.00000787. The molecule has 0 spiro atoms. The average Bonchev–Trinajstić information content (AvgIpc) is 1.70. The number of nitrogens with zero attached hydrogens (tertiary/aromatic N) is 3. The molecule has 14 rings (SSSR count). The van der Waals surface area contributed by atoms with Gasteiger partial charge in [-0.2, -0.15) is 42.0 Å². The van der Waals surface area contributed by atoms with E-state index < -0.39 is 68.5 Å². The van der Waals surface area contributed by atoms with Gasteiger partial charge in [0.05, 0.1) is 30.4 Å². The Labute approximate surface area is 515 Å². The third-order valence-electron chi connectivity index (χ3n) is 15.4. The molecule has 2 heterocycles. The number of hydrogen-bond donors (Lipinski definition) is 0. The van der Waals surface area contributed by atoms with Crippen LogP contribution in [0.15, 0.2) is 285 Å². The molecule has 6 heteroatoms. The summed E-state index contributed by atoms with van der Waals surface area (Å²) < 4.78 is 100. The van der Waals surface area contributed by atoms with Crippen LogP contribution in [0.5, 0.6) is 11.5 Å². The van der Waals surface area contributed by atoms with Gasteiger partial charge in [0.15, 0.2) is 8.07 Å². The molecule has 0 fully saturated rings. The SMILES string of the molecule is [2H]c1c([2H])c([2H])c(-c2cccc(-c3c([2H])c([2H])c([2H])c([2H])c3[2H])c2-[n+]2[c-]n(-c3[c-]c(Oc4[c-]c5c(cc4)c4cc(-c6cccc([Si](c7ccccc7)(c7ccccc7)c7ccccc7)c6)ccc4n5-c4[c-]ccc(C(C)(C)C)c4)ccc3)c3ccccc32)c([2H])c1[2H].[Pt+4]. The summed E-state index contributed by atoms with van der Waals surface area (Å²) >= 11 is 0. The van der Waals surface area contributed by atoms with Gasteiger partial charge in [0.2, 0.25) is 0 Å². The Morgan fingerprint density at radius 2 is 1.05 bits per heavy atom. The van der Waals surface area contributed by atoms with E-state index in [0.717, 1.165) is 44.2 Å². The van der Waals surface area contributed by atoms with Crippen molar-refractivity contribution in [3.8, 4) is 61.9 Å². The molecule has 0 aliphatic rings. The minimum absolute atomic E-state index is 0. The molecule has 0 unspecified atom stereocenters. The topological polar surface area (TPSA) is 23.0 Å². The molecule has 0 aliphatic heterocycles. The van der Waals surface area contributed by atoms with Crippen molar-refractivity contribution in [3.63, 3.8) is 0 Å². The zero-order chi connectivity index (χ0) is 63.9. The van der Waals surface area contributed by atoms with Crippen LogP contribution in [0.2, 0.25) is 0 Å². The normalized spacial score (nSPS) is 13.4. The van der Waals surface area contributed by atoms with Gasteiger partial charge in [-0.15, -0.1) is 35.7 Å². The van der Waals surface area contributed by atoms with Crippen LogP contribution in [0, 0.1) is 24.5 Å². The first kappa shape index (κ1) is 42.5. The minimum atomic E-state index is -2.84. The van der Waals surface area contributed by atoms with Gasteiger partial charge >= 0.3 is 21.1 Å². The van der Waals surface area contributed by atoms with Crippen LogP contribution >= 0.6 is 0 Å². The van der Waals surface area contributed by atoms with Crippen molar-refractivity contribution >= 4 is 61.7 Å². The molecule has 0 saturated heterocycles. The van der Waals surface area contributed by atoms with E-state index in [1.807, 2.05) is 48.5 Å². The molecule has 398 valence electrons. The first-order valence-electron chi connectivity index (χ1n) is 32.2. The van der Waals surface area contributed by atoms with Crippen molar-refractivity contribution in [1.82, 2.24) is 9.13 Å². The van der Waals surface area contributed by atoms with Gasteiger partial charge in [-0.25, -0.2) is 0 Å². The molecule has 14 aromatic rings. The van der Waals surface area contributed by atoms with E-state index in [9.17, 15) is 0 Å². The summed E-state index contributed by atoms with van der Waals surface area (Å²) in [4.78, 5) is 0. The Hall–Kier alpha value is -9.38. The standard InChI is InChI=1S/C77H56N3OSi.Pt/c1-77(2,3)59-30-22-32-61(51-59)80-72-48-45-58(57-29-21-40-67(49-57)82(64-34-13-6-14-35-64,65-36-15-7-16-37-65)66-38-17-8-18-39-66)50-71(72)70-47-46-63(53-75(70)80)81-62-33-23-31-60(52-62)78-54-79(74-44-20-19-43-73(74)78)76-68(55-25-9-4-10-26-55)41-24-42-69(76)56-27-11-5-12-28-56;/h4-31,33-51H,1-3H3;/q-3;+4/i4D,5D,9D,10D,11D,12D,25D,26D,27D,28D;. The molecule has 0 N–H and O–H groups in total. The molecule has 0 atom stereocenters. The minimum Gasteiger partial charge on any atom is -0.510 e. The second-order valence-corrected chi connectivity index (χ2v) is 25.1. The van der Waals surface area contributed by atoms with Crippen LogP contribution in [0.4, 0.5) is 0 Å². The van der Waals surface area contributed by atoms with E-state index in [2.05, 4.69) is 202 Å². The largest absolute Gasteiger partial charge is 4.00 e. The molecule has 4 nitrogen and oxygen atoms in total. The predicted molar refractivity (Wildman–Crippen MR) is 340 cm³/mol. The predicted octanol–water partition coefficient (Wildman–Crippen LogP) is 15.7. The first-order chi connectivity index (χ1) is 44.4. The Morgan fingerprint density at radius 1 is 0.470 bits per heavy atom. The fourth-order valence-corrected chi connectivity index (χ4v) is 16.4. The van der Waals surface area contributed by atoms with E-state index in [0.29, 0.717) is 28.2 Å². The van der Waals surface area contributed by atoms with Gasteiger partial charge in [-0.05, 0) is 76.7 Å². The van der Waals surface area contributed by atoms with Gasteiger partial charge in [-0.1, -0.05) is 262 Å². The summed E-state index contributed by atoms with van der Waals surface area (Å²) in [5, 5.41) is 7.15. The van der Waals surface area contributed by atoms with Crippen LogP contribution in [0.3, 0.4) is 0 Å². The van der Waals surface area contributed by atoms with Crippen molar-refractivity contribution in [1.29, 1.82) is 0 Å². The van der Waals surface area contributed by atoms with Crippen LogP contribution in [-0.4, -0.2) is 17.2 Å². The smallest absolute Gasteiger partial charge is 0.510 e. The zero-order valence-electron chi connectivity index (χ0n) is 55.4. The van der Waals surface area contributed by atoms with Crippen LogP contribution in [-0.2, 0) is 26.5 Å². The third kappa shape index (κ3) is 9.66. The molecular weight excluding hydrogens is 1210 g/mol.